The highest BCUT2D eigenvalue weighted by atomic mass is 15.2. The Kier molecular flexibility index (Phi) is 4.78. The van der Waals surface area contributed by atoms with Crippen LogP contribution in [0.15, 0.2) is 0 Å². The third kappa shape index (κ3) is 3.93. The molecule has 2 saturated carbocycles. The number of nitrogens with zero attached hydrogens (tertiary/aromatic N) is 2. The zero-order valence-corrected chi connectivity index (χ0v) is 12.6. The van der Waals surface area contributed by atoms with Gasteiger partial charge in [0.1, 0.15) is 0 Å². The van der Waals surface area contributed by atoms with Crippen molar-refractivity contribution in [2.45, 2.75) is 44.6 Å². The molecule has 0 aromatic carbocycles. The van der Waals surface area contributed by atoms with Crippen molar-refractivity contribution >= 4 is 0 Å². The molecule has 3 nitrogen and oxygen atoms in total. The second kappa shape index (κ2) is 6.55. The smallest absolute Gasteiger partial charge is 0.0110 e. The van der Waals surface area contributed by atoms with E-state index in [-0.39, 0.29) is 0 Å². The standard InChI is InChI=1S/C16H31N3/c1-18(11-12-19-9-7-17-8-10-19)16-4-2-3-15(13-16)14-5-6-14/h14-17H,2-13H2,1H3. The first-order valence-corrected chi connectivity index (χ1v) is 8.46. The van der Waals surface area contributed by atoms with E-state index in [1.54, 1.807) is 0 Å². The molecule has 19 heavy (non-hydrogen) atoms. The fraction of sp³-hybridized carbons (Fsp3) is 1.00. The minimum Gasteiger partial charge on any atom is -0.314 e. The second-order valence-corrected chi connectivity index (χ2v) is 6.99. The molecule has 1 heterocycles. The number of hydrogen-bond donors (Lipinski definition) is 1. The molecule has 0 spiro atoms. The predicted molar refractivity (Wildman–Crippen MR) is 80.4 cm³/mol. The summed E-state index contributed by atoms with van der Waals surface area (Å²) in [5, 5.41) is 3.44. The third-order valence-corrected chi connectivity index (χ3v) is 5.58. The molecule has 3 aliphatic rings. The van der Waals surface area contributed by atoms with Crippen LogP contribution in [0.1, 0.15) is 38.5 Å². The number of piperazine rings is 1. The average Bonchev–Trinajstić information content (AvgIpc) is 3.31. The first kappa shape index (κ1) is 13.8. The van der Waals surface area contributed by atoms with Crippen LogP contribution in [0.2, 0.25) is 0 Å². The molecule has 0 radical (unpaired) electrons. The summed E-state index contributed by atoms with van der Waals surface area (Å²) in [6.45, 7) is 7.37. The van der Waals surface area contributed by atoms with E-state index in [1.807, 2.05) is 0 Å². The van der Waals surface area contributed by atoms with E-state index in [9.17, 15) is 0 Å². The Morgan fingerprint density at radius 2 is 1.84 bits per heavy atom. The SMILES string of the molecule is CN(CCN1CCNCC1)C1CCCC(C2CC2)C1. The first-order chi connectivity index (χ1) is 9.33. The molecular weight excluding hydrogens is 234 g/mol. The van der Waals surface area contributed by atoms with Gasteiger partial charge < -0.3 is 10.2 Å². The van der Waals surface area contributed by atoms with Crippen LogP contribution in [0.25, 0.3) is 0 Å². The van der Waals surface area contributed by atoms with Gasteiger partial charge in [-0.25, -0.2) is 0 Å². The van der Waals surface area contributed by atoms with Crippen LogP contribution >= 0.6 is 0 Å². The number of likely N-dealkylation sites (N-methyl/N-ethyl adjacent to an activating group) is 1. The summed E-state index contributed by atoms with van der Waals surface area (Å²) in [6.07, 6.45) is 8.99. The summed E-state index contributed by atoms with van der Waals surface area (Å²) in [5.41, 5.74) is 0. The molecular formula is C16H31N3. The highest BCUT2D eigenvalue weighted by Gasteiger charge is 2.35. The minimum absolute atomic E-state index is 0.877. The van der Waals surface area contributed by atoms with Crippen LogP contribution in [-0.4, -0.2) is 62.2 Å². The van der Waals surface area contributed by atoms with E-state index in [1.165, 1.54) is 77.8 Å². The van der Waals surface area contributed by atoms with Crippen molar-refractivity contribution in [1.82, 2.24) is 15.1 Å². The van der Waals surface area contributed by atoms with Crippen LogP contribution < -0.4 is 5.32 Å². The highest BCUT2D eigenvalue weighted by molar-refractivity contribution is 4.88. The monoisotopic (exact) mass is 265 g/mol. The van der Waals surface area contributed by atoms with Crippen LogP contribution in [0.4, 0.5) is 0 Å². The summed E-state index contributed by atoms with van der Waals surface area (Å²) in [4.78, 5) is 5.28. The molecule has 0 amide bonds. The normalized spacial score (nSPS) is 33.8. The van der Waals surface area contributed by atoms with E-state index in [0.29, 0.717) is 0 Å². The molecule has 3 rings (SSSR count). The number of nitrogens with one attached hydrogen (secondary N) is 1. The van der Waals surface area contributed by atoms with Gasteiger partial charge in [0.05, 0.1) is 0 Å². The van der Waals surface area contributed by atoms with Crippen molar-refractivity contribution in [3.63, 3.8) is 0 Å². The van der Waals surface area contributed by atoms with E-state index < -0.39 is 0 Å². The second-order valence-electron chi connectivity index (χ2n) is 6.99. The fourth-order valence-corrected chi connectivity index (χ4v) is 4.01. The molecule has 2 unspecified atom stereocenters. The van der Waals surface area contributed by atoms with E-state index in [0.717, 1.165) is 17.9 Å². The molecule has 0 aromatic heterocycles. The summed E-state index contributed by atoms with van der Waals surface area (Å²) in [5.74, 6) is 2.18. The summed E-state index contributed by atoms with van der Waals surface area (Å²) in [6, 6.07) is 0.877. The lowest BCUT2D eigenvalue weighted by atomic mass is 9.82. The molecule has 2 aliphatic carbocycles. The van der Waals surface area contributed by atoms with E-state index >= 15 is 0 Å². The lowest BCUT2D eigenvalue weighted by Crippen LogP contribution is -2.47. The van der Waals surface area contributed by atoms with Gasteiger partial charge in [-0.15, -0.1) is 0 Å². The molecule has 0 aromatic rings. The number of rotatable bonds is 5. The topological polar surface area (TPSA) is 18.5 Å². The van der Waals surface area contributed by atoms with E-state index in [4.69, 9.17) is 0 Å². The first-order valence-electron chi connectivity index (χ1n) is 8.46. The molecule has 0 bridgehead atoms. The lowest BCUT2D eigenvalue weighted by Gasteiger charge is -2.37. The van der Waals surface area contributed by atoms with Crippen LogP contribution in [-0.2, 0) is 0 Å². The van der Waals surface area contributed by atoms with Gasteiger partial charge in [0, 0.05) is 45.3 Å². The number of hydrogen-bond acceptors (Lipinski definition) is 3. The van der Waals surface area contributed by atoms with Crippen molar-refractivity contribution in [2.24, 2.45) is 11.8 Å². The quantitative estimate of drug-likeness (QED) is 0.818. The van der Waals surface area contributed by atoms with Gasteiger partial charge in [-0.1, -0.05) is 12.8 Å². The maximum absolute atomic E-state index is 3.44. The van der Waals surface area contributed by atoms with Crippen molar-refractivity contribution in [2.75, 3.05) is 46.3 Å². The largest absolute Gasteiger partial charge is 0.314 e. The maximum Gasteiger partial charge on any atom is 0.0110 e. The molecule has 110 valence electrons. The highest BCUT2D eigenvalue weighted by Crippen LogP contribution is 2.44. The van der Waals surface area contributed by atoms with Crippen LogP contribution in [0.3, 0.4) is 0 Å². The van der Waals surface area contributed by atoms with Crippen molar-refractivity contribution < 1.29 is 0 Å². The Morgan fingerprint density at radius 3 is 2.58 bits per heavy atom. The average molecular weight is 265 g/mol. The molecule has 1 saturated heterocycles. The Hall–Kier alpha value is -0.120. The molecule has 1 N–H and O–H groups in total. The zero-order valence-electron chi connectivity index (χ0n) is 12.6. The summed E-state index contributed by atoms with van der Waals surface area (Å²) < 4.78 is 0. The molecule has 1 aliphatic heterocycles. The Labute approximate surface area is 118 Å². The van der Waals surface area contributed by atoms with Gasteiger partial charge in [0.15, 0.2) is 0 Å². The van der Waals surface area contributed by atoms with Gasteiger partial charge in [-0.3, -0.25) is 4.90 Å². The lowest BCUT2D eigenvalue weighted by molar-refractivity contribution is 0.127. The van der Waals surface area contributed by atoms with Gasteiger partial charge in [0.25, 0.3) is 0 Å². The molecule has 3 fully saturated rings. The van der Waals surface area contributed by atoms with Gasteiger partial charge in [-0.05, 0) is 44.6 Å². The Morgan fingerprint density at radius 1 is 1.05 bits per heavy atom. The third-order valence-electron chi connectivity index (χ3n) is 5.58. The summed E-state index contributed by atoms with van der Waals surface area (Å²) >= 11 is 0. The predicted octanol–water partition coefficient (Wildman–Crippen LogP) is 1.79. The van der Waals surface area contributed by atoms with Crippen molar-refractivity contribution in [3.05, 3.63) is 0 Å². The zero-order chi connectivity index (χ0) is 13.1. The summed E-state index contributed by atoms with van der Waals surface area (Å²) in [7, 11) is 2.36. The Bertz CT molecular complexity index is 271. The van der Waals surface area contributed by atoms with Crippen molar-refractivity contribution in [1.29, 1.82) is 0 Å². The molecule has 3 heteroatoms. The minimum atomic E-state index is 0.877. The van der Waals surface area contributed by atoms with Crippen LogP contribution in [0, 0.1) is 11.8 Å². The molecule has 2 atom stereocenters. The van der Waals surface area contributed by atoms with Gasteiger partial charge in [-0.2, -0.15) is 0 Å². The van der Waals surface area contributed by atoms with Crippen LogP contribution in [0.5, 0.6) is 0 Å². The van der Waals surface area contributed by atoms with Gasteiger partial charge >= 0.3 is 0 Å². The van der Waals surface area contributed by atoms with Crippen molar-refractivity contribution in [3.8, 4) is 0 Å². The van der Waals surface area contributed by atoms with E-state index in [2.05, 4.69) is 22.2 Å². The fourth-order valence-electron chi connectivity index (χ4n) is 4.01. The van der Waals surface area contributed by atoms with Gasteiger partial charge in [0.2, 0.25) is 0 Å². The Balaban J connectivity index is 1.39. The maximum atomic E-state index is 3.44.